The molecule has 1 aliphatic rings. The fourth-order valence-electron chi connectivity index (χ4n) is 3.48. The van der Waals surface area contributed by atoms with Crippen LogP contribution in [0.1, 0.15) is 24.6 Å². The van der Waals surface area contributed by atoms with Gasteiger partial charge >= 0.3 is 6.03 Å². The number of rotatable bonds is 6. The molecule has 2 amide bonds. The van der Waals surface area contributed by atoms with Gasteiger partial charge in [-0.2, -0.15) is 10.2 Å². The van der Waals surface area contributed by atoms with Gasteiger partial charge in [-0.1, -0.05) is 30.3 Å². The van der Waals surface area contributed by atoms with Crippen LogP contribution in [0.5, 0.6) is 0 Å². The van der Waals surface area contributed by atoms with Gasteiger partial charge in [-0.05, 0) is 12.8 Å². The summed E-state index contributed by atoms with van der Waals surface area (Å²) in [5, 5.41) is 14.6. The number of aromatic amines is 1. The number of piperidine rings is 1. The number of benzene rings is 1. The third kappa shape index (κ3) is 4.62. The Bertz CT molecular complexity index is 937. The number of hydrogen-bond donors (Lipinski definition) is 2. The van der Waals surface area contributed by atoms with Crippen molar-refractivity contribution in [1.29, 1.82) is 0 Å². The first-order chi connectivity index (χ1) is 14.2. The molecule has 0 saturated carbocycles. The molecule has 2 aromatic heterocycles. The van der Waals surface area contributed by atoms with E-state index in [1.165, 1.54) is 0 Å². The summed E-state index contributed by atoms with van der Waals surface area (Å²) < 4.78 is 6.79. The highest BCUT2D eigenvalue weighted by atomic mass is 16.5. The van der Waals surface area contributed by atoms with Crippen LogP contribution in [0, 0.1) is 0 Å². The predicted octanol–water partition coefficient (Wildman–Crippen LogP) is 2.73. The van der Waals surface area contributed by atoms with Gasteiger partial charge in [-0.3, -0.25) is 15.1 Å². The molecule has 2 N–H and O–H groups in total. The van der Waals surface area contributed by atoms with Crippen LogP contribution < -0.4 is 5.32 Å². The molecule has 0 unspecified atom stereocenters. The zero-order valence-corrected chi connectivity index (χ0v) is 16.4. The second-order valence-corrected chi connectivity index (χ2v) is 7.08. The highest BCUT2D eigenvalue weighted by Crippen LogP contribution is 2.26. The summed E-state index contributed by atoms with van der Waals surface area (Å²) in [6, 6.07) is 11.5. The lowest BCUT2D eigenvalue weighted by Crippen LogP contribution is -2.42. The summed E-state index contributed by atoms with van der Waals surface area (Å²) in [6.07, 6.45) is 3.72. The molecule has 3 aromatic rings. The Kier molecular flexibility index (Phi) is 5.85. The number of likely N-dealkylation sites (tertiary alicyclic amines) is 1. The maximum atomic E-state index is 12.7. The summed E-state index contributed by atoms with van der Waals surface area (Å²) in [6.45, 7) is 2.53. The molecule has 0 radical (unpaired) electrons. The van der Waals surface area contributed by atoms with E-state index in [9.17, 15) is 4.79 Å². The second kappa shape index (κ2) is 8.87. The Morgan fingerprint density at radius 1 is 1.31 bits per heavy atom. The van der Waals surface area contributed by atoms with Crippen molar-refractivity contribution in [3.8, 4) is 11.4 Å². The van der Waals surface area contributed by atoms with Crippen molar-refractivity contribution in [2.75, 3.05) is 32.1 Å². The highest BCUT2D eigenvalue weighted by molar-refractivity contribution is 5.88. The molecular weight excluding hydrogens is 370 g/mol. The number of nitrogens with zero attached hydrogens (tertiary/aromatic N) is 5. The summed E-state index contributed by atoms with van der Waals surface area (Å²) in [7, 11) is 1.65. The zero-order valence-electron chi connectivity index (χ0n) is 16.4. The van der Waals surface area contributed by atoms with Crippen molar-refractivity contribution >= 4 is 11.8 Å². The largest absolute Gasteiger partial charge is 0.383 e. The van der Waals surface area contributed by atoms with Crippen LogP contribution in [0.15, 0.2) is 42.6 Å². The second-order valence-electron chi connectivity index (χ2n) is 7.08. The van der Waals surface area contributed by atoms with Crippen molar-refractivity contribution in [1.82, 2.24) is 29.9 Å². The van der Waals surface area contributed by atoms with Gasteiger partial charge in [0, 0.05) is 43.9 Å². The Morgan fingerprint density at radius 3 is 3.00 bits per heavy atom. The number of nitrogens with one attached hydrogen (secondary N) is 2. The van der Waals surface area contributed by atoms with E-state index >= 15 is 0 Å². The molecule has 0 bridgehead atoms. The van der Waals surface area contributed by atoms with E-state index in [2.05, 4.69) is 25.6 Å². The number of anilines is 1. The summed E-state index contributed by atoms with van der Waals surface area (Å²) in [5.74, 6) is 2.19. The molecular formula is C20H25N7O2. The van der Waals surface area contributed by atoms with E-state index in [-0.39, 0.29) is 11.9 Å². The van der Waals surface area contributed by atoms with Gasteiger partial charge in [0.2, 0.25) is 0 Å². The number of carbonyl (C=O) groups excluding carboxylic acids is 1. The first kappa shape index (κ1) is 19.1. The lowest BCUT2D eigenvalue weighted by atomic mass is 9.97. The van der Waals surface area contributed by atoms with Gasteiger partial charge < -0.3 is 9.64 Å². The van der Waals surface area contributed by atoms with Gasteiger partial charge in [0.15, 0.2) is 11.6 Å². The molecule has 9 nitrogen and oxygen atoms in total. The monoisotopic (exact) mass is 395 g/mol. The number of hydrogen-bond acceptors (Lipinski definition) is 5. The number of carbonyl (C=O) groups is 1. The number of amides is 2. The molecule has 4 rings (SSSR count). The Hall–Kier alpha value is -3.20. The van der Waals surface area contributed by atoms with Crippen molar-refractivity contribution < 1.29 is 9.53 Å². The van der Waals surface area contributed by atoms with Crippen LogP contribution in [-0.2, 0) is 11.3 Å². The van der Waals surface area contributed by atoms with Crippen LogP contribution in [0.2, 0.25) is 0 Å². The molecule has 3 heterocycles. The number of methoxy groups -OCH3 is 1. The molecule has 29 heavy (non-hydrogen) atoms. The first-order valence-electron chi connectivity index (χ1n) is 9.79. The predicted molar refractivity (Wildman–Crippen MR) is 108 cm³/mol. The lowest BCUT2D eigenvalue weighted by molar-refractivity contribution is 0.183. The number of aromatic nitrogens is 5. The van der Waals surface area contributed by atoms with Crippen LogP contribution in [0.4, 0.5) is 10.6 Å². The fourth-order valence-corrected chi connectivity index (χ4v) is 3.48. The van der Waals surface area contributed by atoms with Gasteiger partial charge in [0.25, 0.3) is 0 Å². The van der Waals surface area contributed by atoms with Gasteiger partial charge in [-0.25, -0.2) is 9.78 Å². The molecule has 0 spiro atoms. The lowest BCUT2D eigenvalue weighted by Gasteiger charge is -2.31. The molecule has 9 heteroatoms. The fraction of sp³-hybridized carbons (Fsp3) is 0.400. The SMILES string of the molecule is COCCn1ccc(NC(=O)N2CCC[C@@H](c3nc(-c4ccccc4)n[nH]3)C2)n1. The molecule has 0 aliphatic carbocycles. The highest BCUT2D eigenvalue weighted by Gasteiger charge is 2.27. The van der Waals surface area contributed by atoms with E-state index in [0.717, 1.165) is 24.2 Å². The minimum absolute atomic E-state index is 0.138. The van der Waals surface area contributed by atoms with E-state index in [0.29, 0.717) is 37.9 Å². The molecule has 1 saturated heterocycles. The number of urea groups is 1. The average molecular weight is 395 g/mol. The Balaban J connectivity index is 1.37. The van der Waals surface area contributed by atoms with Crippen molar-refractivity contribution in [2.24, 2.45) is 0 Å². The zero-order chi connectivity index (χ0) is 20.1. The third-order valence-electron chi connectivity index (χ3n) is 5.03. The van der Waals surface area contributed by atoms with Gasteiger partial charge in [0.05, 0.1) is 13.2 Å². The standard InChI is InChI=1S/C20H25N7O2/c1-29-13-12-27-11-9-17(25-27)21-20(28)26-10-5-8-16(14-26)19-22-18(23-24-19)15-6-3-2-4-7-15/h2-4,6-7,9,11,16H,5,8,10,12-14H2,1H3,(H,21,25,28)(H,22,23,24)/t16-/m1/s1. The smallest absolute Gasteiger partial charge is 0.323 e. The summed E-state index contributed by atoms with van der Waals surface area (Å²) in [5.41, 5.74) is 0.976. The number of ether oxygens (including phenoxy) is 1. The maximum absolute atomic E-state index is 12.7. The van der Waals surface area contributed by atoms with E-state index in [4.69, 9.17) is 4.74 Å². The first-order valence-corrected chi connectivity index (χ1v) is 9.79. The minimum atomic E-state index is -0.144. The Labute approximate surface area is 169 Å². The summed E-state index contributed by atoms with van der Waals surface area (Å²) in [4.78, 5) is 19.2. The van der Waals surface area contributed by atoms with E-state index in [1.807, 2.05) is 41.4 Å². The molecule has 1 atom stereocenters. The van der Waals surface area contributed by atoms with Crippen LogP contribution in [-0.4, -0.2) is 62.7 Å². The Morgan fingerprint density at radius 2 is 2.17 bits per heavy atom. The molecule has 1 aromatic carbocycles. The molecule has 1 aliphatic heterocycles. The quantitative estimate of drug-likeness (QED) is 0.668. The van der Waals surface area contributed by atoms with Crippen molar-refractivity contribution in [2.45, 2.75) is 25.3 Å². The van der Waals surface area contributed by atoms with Gasteiger partial charge in [0.1, 0.15) is 5.82 Å². The van der Waals surface area contributed by atoms with Crippen molar-refractivity contribution in [3.05, 3.63) is 48.4 Å². The van der Waals surface area contributed by atoms with Crippen LogP contribution >= 0.6 is 0 Å². The maximum Gasteiger partial charge on any atom is 0.323 e. The van der Waals surface area contributed by atoms with Crippen LogP contribution in [0.25, 0.3) is 11.4 Å². The van der Waals surface area contributed by atoms with Crippen molar-refractivity contribution in [3.63, 3.8) is 0 Å². The topological polar surface area (TPSA) is 101 Å². The van der Waals surface area contributed by atoms with E-state index < -0.39 is 0 Å². The molecule has 152 valence electrons. The normalized spacial score (nSPS) is 16.7. The van der Waals surface area contributed by atoms with Gasteiger partial charge in [-0.15, -0.1) is 0 Å². The third-order valence-corrected chi connectivity index (χ3v) is 5.03. The summed E-state index contributed by atoms with van der Waals surface area (Å²) >= 11 is 0. The average Bonchev–Trinajstić information content (AvgIpc) is 3.43. The van der Waals surface area contributed by atoms with Crippen LogP contribution in [0.3, 0.4) is 0 Å². The minimum Gasteiger partial charge on any atom is -0.383 e. The van der Waals surface area contributed by atoms with E-state index in [1.54, 1.807) is 17.9 Å². The molecule has 1 fully saturated rings. The number of H-pyrrole nitrogens is 1.